The number of rotatable bonds is 6. The molecule has 0 aromatic heterocycles. The molecule has 1 amide bonds. The summed E-state index contributed by atoms with van der Waals surface area (Å²) in [5.74, 6) is -1.34. The average molecular weight is 282 g/mol. The van der Waals surface area contributed by atoms with Crippen molar-refractivity contribution in [2.75, 3.05) is 0 Å². The van der Waals surface area contributed by atoms with Crippen LogP contribution in [-0.2, 0) is 16.1 Å². The summed E-state index contributed by atoms with van der Waals surface area (Å²) in [7, 11) is 0. The minimum atomic E-state index is -1.47. The van der Waals surface area contributed by atoms with Crippen LogP contribution < -0.4 is 11.1 Å². The van der Waals surface area contributed by atoms with Crippen molar-refractivity contribution in [1.82, 2.24) is 5.32 Å². The molecule has 1 rings (SSSR count). The summed E-state index contributed by atoms with van der Waals surface area (Å²) >= 11 is 0. The number of alkyl carbamates (subject to hydrolysis) is 1. The zero-order valence-electron chi connectivity index (χ0n) is 11.0. The molecule has 0 aliphatic heterocycles. The predicted molar refractivity (Wildman–Crippen MR) is 70.8 cm³/mol. The predicted octanol–water partition coefficient (Wildman–Crippen LogP) is 0.0741. The lowest BCUT2D eigenvalue weighted by Crippen LogP contribution is -2.53. The third-order valence-electron chi connectivity index (χ3n) is 2.72. The van der Waals surface area contributed by atoms with Crippen LogP contribution in [0.5, 0.6) is 0 Å². The standard InChI is InChI=1S/C13H18N2O5/c1-8(11(16)10(14)12(17)18)15-13(19)20-7-9-5-3-2-4-6-9/h2-6,8,10-11,16H,7,14H2,1H3,(H,15,19)(H,17,18)/t8-,10+,11-/m1/s1. The third-order valence-corrected chi connectivity index (χ3v) is 2.72. The zero-order chi connectivity index (χ0) is 15.1. The second-order valence-electron chi connectivity index (χ2n) is 4.35. The molecule has 7 heteroatoms. The van der Waals surface area contributed by atoms with E-state index in [2.05, 4.69) is 5.32 Å². The fourth-order valence-corrected chi connectivity index (χ4v) is 1.49. The second kappa shape index (κ2) is 7.46. The average Bonchev–Trinajstić information content (AvgIpc) is 2.44. The molecule has 0 aliphatic rings. The van der Waals surface area contributed by atoms with Gasteiger partial charge in [-0.05, 0) is 12.5 Å². The van der Waals surface area contributed by atoms with E-state index in [1.165, 1.54) is 6.92 Å². The number of ether oxygens (including phenoxy) is 1. The Kier molecular flexibility index (Phi) is 5.95. The normalized spacial score (nSPS) is 14.9. The molecule has 0 saturated carbocycles. The Labute approximate surface area is 116 Å². The summed E-state index contributed by atoms with van der Waals surface area (Å²) in [6.45, 7) is 1.53. The molecule has 1 aromatic carbocycles. The van der Waals surface area contributed by atoms with Gasteiger partial charge in [0.15, 0.2) is 0 Å². The fraction of sp³-hybridized carbons (Fsp3) is 0.385. The molecule has 110 valence electrons. The molecular weight excluding hydrogens is 264 g/mol. The highest BCUT2D eigenvalue weighted by atomic mass is 16.5. The van der Waals surface area contributed by atoms with Crippen LogP contribution in [0.3, 0.4) is 0 Å². The molecule has 5 N–H and O–H groups in total. The minimum absolute atomic E-state index is 0.0838. The summed E-state index contributed by atoms with van der Waals surface area (Å²) < 4.78 is 4.94. The molecule has 0 fully saturated rings. The first kappa shape index (κ1) is 15.9. The van der Waals surface area contributed by atoms with Gasteiger partial charge in [-0.15, -0.1) is 0 Å². The maximum atomic E-state index is 11.5. The summed E-state index contributed by atoms with van der Waals surface area (Å²) in [6, 6.07) is 6.75. The first-order valence-electron chi connectivity index (χ1n) is 6.05. The number of aliphatic carboxylic acids is 1. The van der Waals surface area contributed by atoms with Crippen LogP contribution in [0.15, 0.2) is 30.3 Å². The summed E-state index contributed by atoms with van der Waals surface area (Å²) in [5, 5.41) is 20.6. The van der Waals surface area contributed by atoms with Gasteiger partial charge >= 0.3 is 12.1 Å². The molecule has 0 spiro atoms. The fourth-order valence-electron chi connectivity index (χ4n) is 1.49. The van der Waals surface area contributed by atoms with Gasteiger partial charge in [-0.1, -0.05) is 30.3 Å². The van der Waals surface area contributed by atoms with Gasteiger partial charge in [-0.25, -0.2) is 4.79 Å². The van der Waals surface area contributed by atoms with E-state index in [-0.39, 0.29) is 6.61 Å². The van der Waals surface area contributed by atoms with E-state index >= 15 is 0 Å². The van der Waals surface area contributed by atoms with E-state index in [1.54, 1.807) is 12.1 Å². The number of aliphatic hydroxyl groups excluding tert-OH is 1. The van der Waals surface area contributed by atoms with Crippen LogP contribution in [0.1, 0.15) is 12.5 Å². The first-order valence-corrected chi connectivity index (χ1v) is 6.05. The molecule has 0 bridgehead atoms. The number of benzene rings is 1. The van der Waals surface area contributed by atoms with E-state index < -0.39 is 30.3 Å². The summed E-state index contributed by atoms with van der Waals surface area (Å²) in [4.78, 5) is 22.1. The Morgan fingerprint density at radius 2 is 1.95 bits per heavy atom. The number of aliphatic hydroxyl groups is 1. The summed E-state index contributed by atoms with van der Waals surface area (Å²) in [6.07, 6.45) is -2.16. The topological polar surface area (TPSA) is 122 Å². The number of carbonyl (C=O) groups excluding carboxylic acids is 1. The minimum Gasteiger partial charge on any atom is -0.480 e. The van der Waals surface area contributed by atoms with E-state index in [4.69, 9.17) is 15.6 Å². The van der Waals surface area contributed by atoms with Gasteiger partial charge in [0, 0.05) is 0 Å². The smallest absolute Gasteiger partial charge is 0.407 e. The van der Waals surface area contributed by atoms with Gasteiger partial charge in [-0.2, -0.15) is 0 Å². The Bertz CT molecular complexity index is 451. The lowest BCUT2D eigenvalue weighted by atomic mass is 10.1. The van der Waals surface area contributed by atoms with E-state index in [0.717, 1.165) is 5.56 Å². The molecule has 0 aliphatic carbocycles. The number of hydrogen-bond donors (Lipinski definition) is 4. The Hall–Kier alpha value is -2.12. The van der Waals surface area contributed by atoms with Crippen molar-refractivity contribution in [2.24, 2.45) is 5.73 Å². The van der Waals surface area contributed by atoms with Crippen LogP contribution >= 0.6 is 0 Å². The monoisotopic (exact) mass is 282 g/mol. The SMILES string of the molecule is C[C@@H](NC(=O)OCc1ccccc1)[C@@H](O)[C@H](N)C(=O)O. The highest BCUT2D eigenvalue weighted by molar-refractivity contribution is 5.74. The molecule has 1 aromatic rings. The largest absolute Gasteiger partial charge is 0.480 e. The number of nitrogens with two attached hydrogens (primary N) is 1. The van der Waals surface area contributed by atoms with Crippen molar-refractivity contribution in [3.8, 4) is 0 Å². The van der Waals surface area contributed by atoms with Gasteiger partial charge in [-0.3, -0.25) is 4.79 Å². The van der Waals surface area contributed by atoms with Gasteiger partial charge in [0.2, 0.25) is 0 Å². The van der Waals surface area contributed by atoms with Crippen molar-refractivity contribution in [3.63, 3.8) is 0 Å². The highest BCUT2D eigenvalue weighted by Crippen LogP contribution is 2.02. The maximum absolute atomic E-state index is 11.5. The Balaban J connectivity index is 2.40. The van der Waals surface area contributed by atoms with Gasteiger partial charge < -0.3 is 26.0 Å². The zero-order valence-corrected chi connectivity index (χ0v) is 11.0. The maximum Gasteiger partial charge on any atom is 0.407 e. The number of carbonyl (C=O) groups is 2. The molecule has 0 saturated heterocycles. The molecule has 0 unspecified atom stereocenters. The Morgan fingerprint density at radius 3 is 2.50 bits per heavy atom. The van der Waals surface area contributed by atoms with Crippen molar-refractivity contribution in [2.45, 2.75) is 31.7 Å². The van der Waals surface area contributed by atoms with Crippen molar-refractivity contribution in [1.29, 1.82) is 0 Å². The quantitative estimate of drug-likeness (QED) is 0.586. The van der Waals surface area contributed by atoms with Crippen molar-refractivity contribution in [3.05, 3.63) is 35.9 Å². The number of nitrogens with one attached hydrogen (secondary N) is 1. The van der Waals surface area contributed by atoms with E-state index in [0.29, 0.717) is 0 Å². The molecule has 3 atom stereocenters. The Morgan fingerprint density at radius 1 is 1.35 bits per heavy atom. The third kappa shape index (κ3) is 4.87. The summed E-state index contributed by atoms with van der Waals surface area (Å²) in [5.41, 5.74) is 6.08. The van der Waals surface area contributed by atoms with Gasteiger partial charge in [0.25, 0.3) is 0 Å². The lowest BCUT2D eigenvalue weighted by molar-refractivity contribution is -0.141. The van der Waals surface area contributed by atoms with E-state index in [9.17, 15) is 14.7 Å². The molecular formula is C13H18N2O5. The molecule has 20 heavy (non-hydrogen) atoms. The molecule has 0 heterocycles. The lowest BCUT2D eigenvalue weighted by Gasteiger charge is -2.22. The number of carboxylic acids is 1. The number of hydrogen-bond acceptors (Lipinski definition) is 5. The van der Waals surface area contributed by atoms with Crippen LogP contribution in [0.2, 0.25) is 0 Å². The number of amides is 1. The van der Waals surface area contributed by atoms with Gasteiger partial charge in [0.05, 0.1) is 12.1 Å². The first-order chi connectivity index (χ1) is 9.41. The second-order valence-corrected chi connectivity index (χ2v) is 4.35. The number of carboxylic acid groups (broad SMARTS) is 1. The van der Waals surface area contributed by atoms with Gasteiger partial charge in [0.1, 0.15) is 12.6 Å². The molecule has 7 nitrogen and oxygen atoms in total. The molecule has 0 radical (unpaired) electrons. The van der Waals surface area contributed by atoms with Crippen molar-refractivity contribution >= 4 is 12.1 Å². The van der Waals surface area contributed by atoms with E-state index in [1.807, 2.05) is 18.2 Å². The highest BCUT2D eigenvalue weighted by Gasteiger charge is 2.28. The van der Waals surface area contributed by atoms with Crippen LogP contribution in [0.25, 0.3) is 0 Å². The van der Waals surface area contributed by atoms with Crippen LogP contribution in [-0.4, -0.2) is 40.5 Å². The van der Waals surface area contributed by atoms with Crippen molar-refractivity contribution < 1.29 is 24.5 Å². The van der Waals surface area contributed by atoms with Crippen LogP contribution in [0, 0.1) is 0 Å². The van der Waals surface area contributed by atoms with Crippen LogP contribution in [0.4, 0.5) is 4.79 Å².